The van der Waals surface area contributed by atoms with Crippen LogP contribution >= 0.6 is 11.3 Å². The number of aldehydes is 1. The number of carbonyl (C=O) groups is 3. The van der Waals surface area contributed by atoms with Crippen molar-refractivity contribution in [3.63, 3.8) is 0 Å². The Bertz CT molecular complexity index is 1320. The summed E-state index contributed by atoms with van der Waals surface area (Å²) in [5.41, 5.74) is 13.9. The van der Waals surface area contributed by atoms with Gasteiger partial charge in [-0.3, -0.25) is 34.7 Å². The van der Waals surface area contributed by atoms with Gasteiger partial charge in [0.1, 0.15) is 12.4 Å². The molecule has 38 heavy (non-hydrogen) atoms. The van der Waals surface area contributed by atoms with E-state index in [1.54, 1.807) is 37.4 Å². The number of rotatable bonds is 7. The number of hydrogen-bond acceptors (Lipinski definition) is 12. The lowest BCUT2D eigenvalue weighted by atomic mass is 10.1. The Kier molecular flexibility index (Phi) is 10.2. The van der Waals surface area contributed by atoms with Crippen LogP contribution in [-0.4, -0.2) is 53.0 Å². The highest BCUT2D eigenvalue weighted by Crippen LogP contribution is 2.36. The minimum Gasteiger partial charge on any atom is -0.397 e. The summed E-state index contributed by atoms with van der Waals surface area (Å²) >= 11 is 0.588. The van der Waals surface area contributed by atoms with Gasteiger partial charge < -0.3 is 26.9 Å². The van der Waals surface area contributed by atoms with Gasteiger partial charge in [0.2, 0.25) is 0 Å². The highest BCUT2D eigenvalue weighted by molar-refractivity contribution is 7.19. The summed E-state index contributed by atoms with van der Waals surface area (Å²) in [6.07, 6.45) is 0.750. The number of anilines is 4. The molecule has 0 saturated heterocycles. The van der Waals surface area contributed by atoms with E-state index in [4.69, 9.17) is 16.3 Å². The third-order valence-corrected chi connectivity index (χ3v) is 5.87. The summed E-state index contributed by atoms with van der Waals surface area (Å²) in [4.78, 5) is 53.4. The Morgan fingerprint density at radius 2 is 1.58 bits per heavy atom. The minimum absolute atomic E-state index is 0.147. The van der Waals surface area contributed by atoms with Gasteiger partial charge in [-0.2, -0.15) is 0 Å². The summed E-state index contributed by atoms with van der Waals surface area (Å²) in [5.74, 6) is -0.471. The Labute approximate surface area is 220 Å². The van der Waals surface area contributed by atoms with Gasteiger partial charge in [-0.15, -0.1) is 0 Å². The van der Waals surface area contributed by atoms with Gasteiger partial charge in [0.25, 0.3) is 11.8 Å². The number of nitrogens with two attached hydrogens (primary N) is 2. The quantitative estimate of drug-likeness (QED) is 0.111. The normalized spacial score (nSPS) is 11.4. The van der Waals surface area contributed by atoms with Crippen molar-refractivity contribution in [3.05, 3.63) is 79.9 Å². The number of thiophene rings is 1. The number of benzene rings is 2. The first kappa shape index (κ1) is 29.2. The molecule has 0 bridgehead atoms. The predicted molar refractivity (Wildman–Crippen MR) is 144 cm³/mol. The molecule has 0 radical (unpaired) electrons. The van der Waals surface area contributed by atoms with Crippen molar-refractivity contribution in [2.75, 3.05) is 42.2 Å². The Morgan fingerprint density at radius 3 is 2.03 bits per heavy atom. The van der Waals surface area contributed by atoms with Crippen LogP contribution in [0.15, 0.2) is 48.5 Å². The molecular formula is C23H25N7O7S. The van der Waals surface area contributed by atoms with E-state index in [1.165, 1.54) is 11.8 Å². The first-order valence-electron chi connectivity index (χ1n) is 10.9. The molecule has 1 aliphatic heterocycles. The minimum atomic E-state index is -0.751. The van der Waals surface area contributed by atoms with Gasteiger partial charge in [0, 0.05) is 25.8 Å². The average molecular weight is 544 g/mol. The van der Waals surface area contributed by atoms with Crippen LogP contribution in [0.1, 0.15) is 27.6 Å². The second kappa shape index (κ2) is 13.3. The van der Waals surface area contributed by atoms with Crippen LogP contribution in [0.25, 0.3) is 0 Å². The van der Waals surface area contributed by atoms with Crippen LogP contribution in [0.3, 0.4) is 0 Å². The standard InChI is InChI=1S/C17H18N4O2.C4H3N3O4S.C2H4O/c1-19-15-10-11(6-7-14(15)18)20-8-9-21-16(22)12-4-2-3-5-13(12)17(21)23;5-4-2(6(8)9)1-3(12-4)7(10)11;1-2-3/h2-7,10,19-20H,8-9,18H2,1H3;1H,5H2;2H,1H3. The lowest BCUT2D eigenvalue weighted by Gasteiger charge is -2.15. The van der Waals surface area contributed by atoms with Gasteiger partial charge in [0.05, 0.1) is 32.3 Å². The number of carbonyl (C=O) groups excluding carboxylic acids is 3. The van der Waals surface area contributed by atoms with Crippen molar-refractivity contribution in [2.45, 2.75) is 6.92 Å². The second-order valence-electron chi connectivity index (χ2n) is 7.37. The number of nitrogen functional groups attached to an aromatic ring is 2. The number of nitrogens with one attached hydrogen (secondary N) is 2. The van der Waals surface area contributed by atoms with Crippen molar-refractivity contribution in [3.8, 4) is 0 Å². The maximum Gasteiger partial charge on any atom is 0.333 e. The molecule has 2 amide bonds. The Hall–Kier alpha value is -5.05. The summed E-state index contributed by atoms with van der Waals surface area (Å²) in [6.45, 7) is 2.23. The zero-order valence-corrected chi connectivity index (χ0v) is 21.2. The number of hydrogen-bond donors (Lipinski definition) is 4. The van der Waals surface area contributed by atoms with Crippen LogP contribution in [0.5, 0.6) is 0 Å². The number of imide groups is 1. The van der Waals surface area contributed by atoms with Crippen LogP contribution in [-0.2, 0) is 4.79 Å². The van der Waals surface area contributed by atoms with Crippen molar-refractivity contribution in [1.29, 1.82) is 0 Å². The van der Waals surface area contributed by atoms with Crippen LogP contribution in [0.4, 0.5) is 32.8 Å². The van der Waals surface area contributed by atoms with Crippen molar-refractivity contribution < 1.29 is 24.2 Å². The van der Waals surface area contributed by atoms with Crippen LogP contribution in [0, 0.1) is 20.2 Å². The summed E-state index contributed by atoms with van der Waals surface area (Å²) in [7, 11) is 1.80. The highest BCUT2D eigenvalue weighted by Gasteiger charge is 2.34. The Balaban J connectivity index is 0.000000284. The Morgan fingerprint density at radius 1 is 1.00 bits per heavy atom. The first-order valence-corrected chi connectivity index (χ1v) is 11.7. The van der Waals surface area contributed by atoms with E-state index in [0.717, 1.165) is 23.7 Å². The van der Waals surface area contributed by atoms with E-state index in [9.17, 15) is 29.8 Å². The molecule has 14 nitrogen and oxygen atoms in total. The molecule has 1 aromatic heterocycles. The third-order valence-electron chi connectivity index (χ3n) is 4.97. The molecule has 15 heteroatoms. The predicted octanol–water partition coefficient (Wildman–Crippen LogP) is 3.37. The maximum atomic E-state index is 12.2. The van der Waals surface area contributed by atoms with Gasteiger partial charge in [-0.05, 0) is 48.6 Å². The fourth-order valence-electron chi connectivity index (χ4n) is 3.25. The van der Waals surface area contributed by atoms with Crippen LogP contribution in [0.2, 0.25) is 0 Å². The molecule has 1 aliphatic rings. The second-order valence-corrected chi connectivity index (χ2v) is 8.43. The molecular weight excluding hydrogens is 518 g/mol. The first-order chi connectivity index (χ1) is 18.0. The summed E-state index contributed by atoms with van der Waals surface area (Å²) in [6, 6.07) is 13.3. The SMILES string of the molecule is CC=O.CNc1cc(NCCN2C(=O)c3ccccc3C2=O)ccc1N.Nc1sc([N+](=O)[O-])cc1[N+](=O)[O-]. The lowest BCUT2D eigenvalue weighted by molar-refractivity contribution is -0.389. The monoisotopic (exact) mass is 543 g/mol. The topological polar surface area (TPSA) is 217 Å². The van der Waals surface area contributed by atoms with E-state index in [2.05, 4.69) is 10.6 Å². The smallest absolute Gasteiger partial charge is 0.333 e. The van der Waals surface area contributed by atoms with E-state index in [0.29, 0.717) is 41.2 Å². The van der Waals surface area contributed by atoms with E-state index in [1.807, 2.05) is 12.1 Å². The number of nitrogens with zero attached hydrogens (tertiary/aromatic N) is 3. The largest absolute Gasteiger partial charge is 0.397 e. The van der Waals surface area contributed by atoms with Gasteiger partial charge in [-0.25, -0.2) is 0 Å². The molecule has 0 aliphatic carbocycles. The summed E-state index contributed by atoms with van der Waals surface area (Å²) in [5, 5.41) is 26.0. The van der Waals surface area contributed by atoms with E-state index in [-0.39, 0.29) is 21.8 Å². The van der Waals surface area contributed by atoms with Crippen molar-refractivity contribution in [1.82, 2.24) is 4.90 Å². The highest BCUT2D eigenvalue weighted by atomic mass is 32.1. The molecule has 0 fully saturated rings. The maximum absolute atomic E-state index is 12.2. The number of amides is 2. The lowest BCUT2D eigenvalue weighted by Crippen LogP contribution is -2.34. The summed E-state index contributed by atoms with van der Waals surface area (Å²) < 4.78 is 0. The van der Waals surface area contributed by atoms with Crippen LogP contribution < -0.4 is 22.1 Å². The fraction of sp³-hybridized carbons (Fsp3) is 0.174. The molecule has 0 atom stereocenters. The van der Waals surface area contributed by atoms with E-state index >= 15 is 0 Å². The average Bonchev–Trinajstić information content (AvgIpc) is 3.40. The van der Waals surface area contributed by atoms with Gasteiger partial charge in [-0.1, -0.05) is 12.1 Å². The zero-order valence-electron chi connectivity index (χ0n) is 20.4. The van der Waals surface area contributed by atoms with Gasteiger partial charge >= 0.3 is 10.7 Å². The molecule has 4 rings (SSSR count). The molecule has 0 spiro atoms. The number of nitro groups is 2. The fourth-order valence-corrected chi connectivity index (χ4v) is 3.96. The molecule has 200 valence electrons. The molecule has 3 aromatic rings. The number of fused-ring (bicyclic) bond motifs is 1. The molecule has 6 N–H and O–H groups in total. The van der Waals surface area contributed by atoms with Crippen molar-refractivity contribution >= 4 is 62.2 Å². The van der Waals surface area contributed by atoms with E-state index < -0.39 is 15.5 Å². The molecule has 2 aromatic carbocycles. The molecule has 2 heterocycles. The van der Waals surface area contributed by atoms with Gasteiger partial charge in [0.15, 0.2) is 5.00 Å². The molecule has 0 saturated carbocycles. The molecule has 0 unspecified atom stereocenters. The third kappa shape index (κ3) is 7.01. The van der Waals surface area contributed by atoms with Crippen molar-refractivity contribution in [2.24, 2.45) is 0 Å². The zero-order chi connectivity index (χ0) is 28.4.